The highest BCUT2D eigenvalue weighted by Gasteiger charge is 2.12. The van der Waals surface area contributed by atoms with E-state index in [1.807, 2.05) is 25.1 Å². The van der Waals surface area contributed by atoms with E-state index in [4.69, 9.17) is 16.2 Å². The molecule has 0 aromatic heterocycles. The Morgan fingerprint density at radius 2 is 1.90 bits per heavy atom. The topological polar surface area (TPSA) is 78.3 Å². The van der Waals surface area contributed by atoms with Crippen molar-refractivity contribution in [1.82, 2.24) is 0 Å². The van der Waals surface area contributed by atoms with Gasteiger partial charge in [0.25, 0.3) is 0 Å². The number of nitrogens with two attached hydrogens (primary N) is 2. The Morgan fingerprint density at radius 1 is 1.20 bits per heavy atom. The fourth-order valence-electron chi connectivity index (χ4n) is 1.98. The average molecular weight is 270 g/mol. The van der Waals surface area contributed by atoms with Gasteiger partial charge in [0.05, 0.1) is 0 Å². The van der Waals surface area contributed by atoms with Gasteiger partial charge in [-0.05, 0) is 36.8 Å². The number of amides is 1. The predicted molar refractivity (Wildman–Crippen MR) is 78.6 cm³/mol. The van der Waals surface area contributed by atoms with Crippen molar-refractivity contribution in [1.29, 1.82) is 0 Å². The van der Waals surface area contributed by atoms with Crippen LogP contribution in [0.3, 0.4) is 0 Å². The van der Waals surface area contributed by atoms with E-state index < -0.39 is 5.91 Å². The molecule has 0 bridgehead atoms. The van der Waals surface area contributed by atoms with Crippen molar-refractivity contribution in [2.24, 2.45) is 11.5 Å². The highest BCUT2D eigenvalue weighted by atomic mass is 16.5. The summed E-state index contributed by atoms with van der Waals surface area (Å²) >= 11 is 0. The lowest BCUT2D eigenvalue weighted by atomic mass is 10.1. The first kappa shape index (κ1) is 14.1. The molecule has 0 spiro atoms. The minimum absolute atomic E-state index is 0.214. The molecule has 0 heterocycles. The molecular weight excluding hydrogens is 252 g/mol. The number of aryl methyl sites for hydroxylation is 1. The number of carbonyl (C=O) groups excluding carboxylic acids is 1. The van der Waals surface area contributed by atoms with E-state index in [-0.39, 0.29) is 6.10 Å². The number of benzene rings is 2. The van der Waals surface area contributed by atoms with Gasteiger partial charge in [0, 0.05) is 12.1 Å². The summed E-state index contributed by atoms with van der Waals surface area (Å²) in [4.78, 5) is 11.0. The van der Waals surface area contributed by atoms with E-state index in [1.165, 1.54) is 0 Å². The summed E-state index contributed by atoms with van der Waals surface area (Å²) in [5, 5.41) is 0. The molecule has 2 rings (SSSR count). The third-order valence-electron chi connectivity index (χ3n) is 3.05. The van der Waals surface area contributed by atoms with Crippen molar-refractivity contribution >= 4 is 5.91 Å². The molecule has 0 fully saturated rings. The van der Waals surface area contributed by atoms with Crippen molar-refractivity contribution < 1.29 is 9.53 Å². The largest absolute Gasteiger partial charge is 0.484 e. The second kappa shape index (κ2) is 6.21. The summed E-state index contributed by atoms with van der Waals surface area (Å²) in [5.41, 5.74) is 13.6. The van der Waals surface area contributed by atoms with Crippen LogP contribution in [-0.4, -0.2) is 12.5 Å². The van der Waals surface area contributed by atoms with Crippen LogP contribution in [0, 0.1) is 6.92 Å². The van der Waals surface area contributed by atoms with Gasteiger partial charge < -0.3 is 16.2 Å². The lowest BCUT2D eigenvalue weighted by Gasteiger charge is -2.18. The van der Waals surface area contributed by atoms with Crippen LogP contribution in [0.5, 0.6) is 5.75 Å². The van der Waals surface area contributed by atoms with Crippen LogP contribution in [0.25, 0.3) is 0 Å². The molecule has 0 radical (unpaired) electrons. The lowest BCUT2D eigenvalue weighted by molar-refractivity contribution is 0.1000. The molecule has 1 unspecified atom stereocenters. The summed E-state index contributed by atoms with van der Waals surface area (Å²) in [6.45, 7) is 2.40. The molecule has 2 aromatic rings. The highest BCUT2D eigenvalue weighted by molar-refractivity contribution is 5.92. The van der Waals surface area contributed by atoms with E-state index >= 15 is 0 Å². The van der Waals surface area contributed by atoms with E-state index in [9.17, 15) is 4.79 Å². The van der Waals surface area contributed by atoms with Crippen LogP contribution in [0.2, 0.25) is 0 Å². The Balaban J connectivity index is 2.16. The molecule has 0 saturated heterocycles. The highest BCUT2D eigenvalue weighted by Crippen LogP contribution is 2.22. The van der Waals surface area contributed by atoms with Crippen molar-refractivity contribution in [3.8, 4) is 5.75 Å². The monoisotopic (exact) mass is 270 g/mol. The van der Waals surface area contributed by atoms with Crippen LogP contribution in [0.4, 0.5) is 0 Å². The minimum atomic E-state index is -0.453. The maximum absolute atomic E-state index is 11.0. The molecule has 4 heteroatoms. The maximum Gasteiger partial charge on any atom is 0.248 e. The molecule has 104 valence electrons. The summed E-state index contributed by atoms with van der Waals surface area (Å²) in [5.74, 6) is 0.206. The van der Waals surface area contributed by atoms with Gasteiger partial charge in [0.2, 0.25) is 5.91 Å². The first-order valence-corrected chi connectivity index (χ1v) is 6.43. The van der Waals surface area contributed by atoms with Crippen LogP contribution < -0.4 is 16.2 Å². The molecular formula is C16H18N2O2. The van der Waals surface area contributed by atoms with Gasteiger partial charge in [-0.15, -0.1) is 0 Å². The van der Waals surface area contributed by atoms with Gasteiger partial charge in [0.1, 0.15) is 11.9 Å². The SMILES string of the molecule is Cc1cccc(C(CN)Oc2ccc(C(N)=O)cc2)c1. The van der Waals surface area contributed by atoms with Gasteiger partial charge in [0.15, 0.2) is 0 Å². The molecule has 1 atom stereocenters. The number of carbonyl (C=O) groups is 1. The zero-order chi connectivity index (χ0) is 14.5. The number of ether oxygens (including phenoxy) is 1. The summed E-state index contributed by atoms with van der Waals surface area (Å²) in [7, 11) is 0. The number of hydrogen-bond acceptors (Lipinski definition) is 3. The van der Waals surface area contributed by atoms with Crippen LogP contribution >= 0.6 is 0 Å². The zero-order valence-electron chi connectivity index (χ0n) is 11.4. The fourth-order valence-corrected chi connectivity index (χ4v) is 1.98. The van der Waals surface area contributed by atoms with Gasteiger partial charge in [-0.1, -0.05) is 29.8 Å². The summed E-state index contributed by atoms with van der Waals surface area (Å²) < 4.78 is 5.86. The molecule has 4 N–H and O–H groups in total. The van der Waals surface area contributed by atoms with Gasteiger partial charge in [-0.25, -0.2) is 0 Å². The van der Waals surface area contributed by atoms with Crippen molar-refractivity contribution in [2.75, 3.05) is 6.54 Å². The van der Waals surface area contributed by atoms with Gasteiger partial charge in [-0.3, -0.25) is 4.79 Å². The lowest BCUT2D eigenvalue weighted by Crippen LogP contribution is -2.18. The van der Waals surface area contributed by atoms with Crippen molar-refractivity contribution in [2.45, 2.75) is 13.0 Å². The Kier molecular flexibility index (Phi) is 4.38. The normalized spacial score (nSPS) is 11.9. The first-order valence-electron chi connectivity index (χ1n) is 6.43. The third kappa shape index (κ3) is 3.36. The third-order valence-corrected chi connectivity index (χ3v) is 3.05. The molecule has 0 saturated carbocycles. The van der Waals surface area contributed by atoms with Crippen molar-refractivity contribution in [3.05, 3.63) is 65.2 Å². The maximum atomic E-state index is 11.0. The quantitative estimate of drug-likeness (QED) is 0.874. The van der Waals surface area contributed by atoms with E-state index in [0.717, 1.165) is 11.1 Å². The standard InChI is InChI=1S/C16H18N2O2/c1-11-3-2-4-13(9-11)15(10-17)20-14-7-5-12(6-8-14)16(18)19/h2-9,15H,10,17H2,1H3,(H2,18,19). The van der Waals surface area contributed by atoms with E-state index in [1.54, 1.807) is 24.3 Å². The predicted octanol–water partition coefficient (Wildman–Crippen LogP) is 2.17. The second-order valence-corrected chi connectivity index (χ2v) is 4.64. The molecule has 0 aliphatic carbocycles. The molecule has 0 aliphatic rings. The second-order valence-electron chi connectivity index (χ2n) is 4.64. The average Bonchev–Trinajstić information content (AvgIpc) is 2.45. The molecule has 2 aromatic carbocycles. The molecule has 0 aliphatic heterocycles. The first-order chi connectivity index (χ1) is 9.60. The Bertz CT molecular complexity index is 594. The minimum Gasteiger partial charge on any atom is -0.484 e. The molecule has 20 heavy (non-hydrogen) atoms. The van der Waals surface area contributed by atoms with E-state index in [0.29, 0.717) is 17.9 Å². The van der Waals surface area contributed by atoms with Crippen molar-refractivity contribution in [3.63, 3.8) is 0 Å². The van der Waals surface area contributed by atoms with E-state index in [2.05, 4.69) is 6.07 Å². The molecule has 1 amide bonds. The number of rotatable bonds is 5. The zero-order valence-corrected chi connectivity index (χ0v) is 11.4. The Hall–Kier alpha value is -2.33. The molecule has 4 nitrogen and oxygen atoms in total. The van der Waals surface area contributed by atoms with Crippen LogP contribution in [0.15, 0.2) is 48.5 Å². The smallest absolute Gasteiger partial charge is 0.248 e. The summed E-state index contributed by atoms with van der Waals surface area (Å²) in [6.07, 6.45) is -0.214. The van der Waals surface area contributed by atoms with Gasteiger partial charge >= 0.3 is 0 Å². The fraction of sp³-hybridized carbons (Fsp3) is 0.188. The Labute approximate surface area is 118 Å². The van der Waals surface area contributed by atoms with Gasteiger partial charge in [-0.2, -0.15) is 0 Å². The van der Waals surface area contributed by atoms with Crippen LogP contribution in [0.1, 0.15) is 27.6 Å². The number of primary amides is 1. The Morgan fingerprint density at radius 3 is 2.45 bits per heavy atom. The van der Waals surface area contributed by atoms with Crippen LogP contribution in [-0.2, 0) is 0 Å². The summed E-state index contributed by atoms with van der Waals surface area (Å²) in [6, 6.07) is 14.8. The number of hydrogen-bond donors (Lipinski definition) is 2.